The Morgan fingerprint density at radius 3 is 2.34 bits per heavy atom. The van der Waals surface area contributed by atoms with Crippen molar-refractivity contribution in [1.82, 2.24) is 15.5 Å². The molecule has 0 bridgehead atoms. The zero-order valence-corrected chi connectivity index (χ0v) is 20.1. The predicted molar refractivity (Wildman–Crippen MR) is 129 cm³/mol. The highest BCUT2D eigenvalue weighted by molar-refractivity contribution is 14.0. The molecule has 0 aliphatic heterocycles. The molecule has 0 saturated heterocycles. The zero-order chi connectivity index (χ0) is 20.5. The number of hydrogen-bond acceptors (Lipinski definition) is 3. The number of hydrogen-bond donors (Lipinski definition) is 2. The van der Waals surface area contributed by atoms with Crippen molar-refractivity contribution in [1.29, 1.82) is 0 Å². The van der Waals surface area contributed by atoms with Gasteiger partial charge in [-0.25, -0.2) is 0 Å². The van der Waals surface area contributed by atoms with E-state index in [9.17, 15) is 4.79 Å². The number of para-hydroxylation sites is 1. The Morgan fingerprint density at radius 2 is 1.76 bits per heavy atom. The largest absolute Gasteiger partial charge is 0.496 e. The lowest BCUT2D eigenvalue weighted by atomic mass is 10.0. The smallest absolute Gasteiger partial charge is 0.253 e. The molecule has 2 aromatic rings. The van der Waals surface area contributed by atoms with Gasteiger partial charge in [0.2, 0.25) is 0 Å². The van der Waals surface area contributed by atoms with Crippen molar-refractivity contribution in [3.63, 3.8) is 0 Å². The minimum absolute atomic E-state index is 0. The molecule has 0 spiro atoms. The summed E-state index contributed by atoms with van der Waals surface area (Å²) < 4.78 is 5.45. The number of benzene rings is 2. The van der Waals surface area contributed by atoms with Crippen molar-refractivity contribution in [3.05, 3.63) is 65.2 Å². The number of rotatable bonds is 7. The number of nitrogens with zero attached hydrogens (tertiary/aromatic N) is 2. The Labute approximate surface area is 190 Å². The molecule has 1 amide bonds. The van der Waals surface area contributed by atoms with Crippen LogP contribution in [0.15, 0.2) is 53.5 Å². The molecule has 2 aromatic carbocycles. The molecule has 1 unspecified atom stereocenters. The van der Waals surface area contributed by atoms with E-state index in [1.165, 1.54) is 0 Å². The molecule has 0 aromatic heterocycles. The molecular formula is C22H31IN4O2. The third kappa shape index (κ3) is 7.23. The van der Waals surface area contributed by atoms with Gasteiger partial charge in [0.1, 0.15) is 5.75 Å². The topological polar surface area (TPSA) is 66.0 Å². The first kappa shape index (κ1) is 24.7. The van der Waals surface area contributed by atoms with E-state index in [-0.39, 0.29) is 35.8 Å². The summed E-state index contributed by atoms with van der Waals surface area (Å²) in [4.78, 5) is 17.8. The van der Waals surface area contributed by atoms with Crippen LogP contribution in [-0.4, -0.2) is 51.6 Å². The van der Waals surface area contributed by atoms with Crippen molar-refractivity contribution in [2.45, 2.75) is 19.4 Å². The molecule has 2 rings (SSSR count). The molecule has 29 heavy (non-hydrogen) atoms. The molecular weight excluding hydrogens is 479 g/mol. The summed E-state index contributed by atoms with van der Waals surface area (Å²) in [7, 11) is 6.94. The van der Waals surface area contributed by atoms with Crippen LogP contribution in [0, 0.1) is 0 Å². The van der Waals surface area contributed by atoms with E-state index < -0.39 is 0 Å². The summed E-state index contributed by atoms with van der Waals surface area (Å²) in [6, 6.07) is 15.6. The van der Waals surface area contributed by atoms with Gasteiger partial charge >= 0.3 is 0 Å². The molecule has 0 aliphatic rings. The van der Waals surface area contributed by atoms with E-state index in [2.05, 4.69) is 28.6 Å². The number of ether oxygens (including phenoxy) is 1. The van der Waals surface area contributed by atoms with Crippen LogP contribution in [0.25, 0.3) is 0 Å². The number of guanidine groups is 1. The highest BCUT2D eigenvalue weighted by Gasteiger charge is 2.12. The SMILES string of the molecule is CN=C(NCc1ccc(C(=O)N(C)C)cc1)NCC(C)c1ccccc1OC.I. The van der Waals surface area contributed by atoms with Gasteiger partial charge in [-0.2, -0.15) is 0 Å². The lowest BCUT2D eigenvalue weighted by Gasteiger charge is -2.18. The number of methoxy groups -OCH3 is 1. The summed E-state index contributed by atoms with van der Waals surface area (Å²) in [6.45, 7) is 3.51. The van der Waals surface area contributed by atoms with Gasteiger partial charge < -0.3 is 20.3 Å². The van der Waals surface area contributed by atoms with Crippen molar-refractivity contribution in [2.75, 3.05) is 34.8 Å². The van der Waals surface area contributed by atoms with Gasteiger partial charge in [0.25, 0.3) is 5.91 Å². The Morgan fingerprint density at radius 1 is 1.10 bits per heavy atom. The van der Waals surface area contributed by atoms with E-state index in [0.717, 1.165) is 29.4 Å². The van der Waals surface area contributed by atoms with Gasteiger partial charge in [0.05, 0.1) is 7.11 Å². The average molecular weight is 510 g/mol. The number of carbonyl (C=O) groups is 1. The number of amides is 1. The van der Waals surface area contributed by atoms with Crippen molar-refractivity contribution >= 4 is 35.8 Å². The number of aliphatic imine (C=N–C) groups is 1. The Balaban J connectivity index is 0.00000420. The van der Waals surface area contributed by atoms with Crippen molar-refractivity contribution in [3.8, 4) is 5.75 Å². The minimum Gasteiger partial charge on any atom is -0.496 e. The zero-order valence-electron chi connectivity index (χ0n) is 17.7. The second-order valence-corrected chi connectivity index (χ2v) is 6.85. The fourth-order valence-corrected chi connectivity index (χ4v) is 2.86. The lowest BCUT2D eigenvalue weighted by Crippen LogP contribution is -2.38. The molecule has 1 atom stereocenters. The van der Waals surface area contributed by atoms with E-state index in [1.54, 1.807) is 33.2 Å². The second-order valence-electron chi connectivity index (χ2n) is 6.85. The van der Waals surface area contributed by atoms with E-state index in [0.29, 0.717) is 12.1 Å². The maximum Gasteiger partial charge on any atom is 0.253 e. The molecule has 0 fully saturated rings. The standard InChI is InChI=1S/C22H30N4O2.HI/c1-16(19-8-6-7-9-20(19)28-5)14-24-22(23-2)25-15-17-10-12-18(13-11-17)21(27)26(3)4;/h6-13,16H,14-15H2,1-5H3,(H2,23,24,25);1H. The van der Waals surface area contributed by atoms with Gasteiger partial charge in [-0.05, 0) is 29.3 Å². The van der Waals surface area contributed by atoms with Crippen LogP contribution in [-0.2, 0) is 6.54 Å². The molecule has 2 N–H and O–H groups in total. The summed E-state index contributed by atoms with van der Waals surface area (Å²) in [6.07, 6.45) is 0. The second kappa shape index (κ2) is 12.3. The first-order valence-corrected chi connectivity index (χ1v) is 9.34. The fraction of sp³-hybridized carbons (Fsp3) is 0.364. The minimum atomic E-state index is 0. The first-order valence-electron chi connectivity index (χ1n) is 9.34. The Bertz CT molecular complexity index is 807. The number of nitrogens with one attached hydrogen (secondary N) is 2. The third-order valence-corrected chi connectivity index (χ3v) is 4.54. The van der Waals surface area contributed by atoms with Gasteiger partial charge in [0.15, 0.2) is 5.96 Å². The predicted octanol–water partition coefficient (Wildman–Crippen LogP) is 3.48. The third-order valence-electron chi connectivity index (χ3n) is 4.54. The lowest BCUT2D eigenvalue weighted by molar-refractivity contribution is 0.0827. The van der Waals surface area contributed by atoms with Gasteiger partial charge in [-0.3, -0.25) is 9.79 Å². The number of carbonyl (C=O) groups excluding carboxylic acids is 1. The first-order chi connectivity index (χ1) is 13.5. The van der Waals surface area contributed by atoms with Crippen LogP contribution in [0.5, 0.6) is 5.75 Å². The van der Waals surface area contributed by atoms with E-state index in [4.69, 9.17) is 4.74 Å². The summed E-state index contributed by atoms with van der Waals surface area (Å²) >= 11 is 0. The highest BCUT2D eigenvalue weighted by atomic mass is 127. The quantitative estimate of drug-likeness (QED) is 0.340. The van der Waals surface area contributed by atoms with E-state index >= 15 is 0 Å². The highest BCUT2D eigenvalue weighted by Crippen LogP contribution is 2.25. The fourth-order valence-electron chi connectivity index (χ4n) is 2.86. The van der Waals surface area contributed by atoms with Gasteiger partial charge in [0, 0.05) is 45.7 Å². The normalized spacial score (nSPS) is 11.8. The maximum atomic E-state index is 12.0. The van der Waals surface area contributed by atoms with Crippen molar-refractivity contribution < 1.29 is 9.53 Å². The maximum absolute atomic E-state index is 12.0. The summed E-state index contributed by atoms with van der Waals surface area (Å²) in [5.41, 5.74) is 2.92. The van der Waals surface area contributed by atoms with E-state index in [1.807, 2.05) is 42.5 Å². The molecule has 0 radical (unpaired) electrons. The van der Waals surface area contributed by atoms with Crippen LogP contribution in [0.2, 0.25) is 0 Å². The molecule has 7 heteroatoms. The Hall–Kier alpha value is -2.29. The molecule has 0 saturated carbocycles. The summed E-state index contributed by atoms with van der Waals surface area (Å²) in [5, 5.41) is 6.66. The van der Waals surface area contributed by atoms with Gasteiger partial charge in [-0.15, -0.1) is 24.0 Å². The molecule has 6 nitrogen and oxygen atoms in total. The molecule has 158 valence electrons. The average Bonchev–Trinajstić information content (AvgIpc) is 2.73. The van der Waals surface area contributed by atoms with Crippen LogP contribution >= 0.6 is 24.0 Å². The van der Waals surface area contributed by atoms with Crippen LogP contribution in [0.1, 0.15) is 34.3 Å². The van der Waals surface area contributed by atoms with Crippen LogP contribution in [0.3, 0.4) is 0 Å². The van der Waals surface area contributed by atoms with Gasteiger partial charge in [-0.1, -0.05) is 37.3 Å². The monoisotopic (exact) mass is 510 g/mol. The number of halogens is 1. The Kier molecular flexibility index (Phi) is 10.5. The van der Waals surface area contributed by atoms with Crippen molar-refractivity contribution in [2.24, 2.45) is 4.99 Å². The molecule has 0 heterocycles. The summed E-state index contributed by atoms with van der Waals surface area (Å²) in [5.74, 6) is 1.90. The van der Waals surface area contributed by atoms with Crippen LogP contribution < -0.4 is 15.4 Å². The molecule has 0 aliphatic carbocycles. The van der Waals surface area contributed by atoms with Crippen LogP contribution in [0.4, 0.5) is 0 Å².